The van der Waals surface area contributed by atoms with Gasteiger partial charge in [-0.3, -0.25) is 0 Å². The first kappa shape index (κ1) is 46.6. The van der Waals surface area contributed by atoms with Crippen LogP contribution >= 0.6 is 0 Å². The summed E-state index contributed by atoms with van der Waals surface area (Å²) < 4.78 is 109. The number of likely N-dealkylation sites (tertiary alicyclic amines) is 1. The van der Waals surface area contributed by atoms with E-state index in [0.29, 0.717) is 28.8 Å². The molecule has 0 radical (unpaired) electrons. The Morgan fingerprint density at radius 2 is 1.58 bits per heavy atom. The summed E-state index contributed by atoms with van der Waals surface area (Å²) in [5, 5.41) is 12.8. The Bertz CT molecular complexity index is 2000. The predicted octanol–water partition coefficient (Wildman–Crippen LogP) is 11.2. The minimum atomic E-state index is -5.11. The van der Waals surface area contributed by atoms with E-state index < -0.39 is 78.9 Å². The van der Waals surface area contributed by atoms with Crippen LogP contribution in [0.15, 0.2) is 78.6 Å². The molecule has 0 unspecified atom stereocenters. The molecule has 322 valence electrons. The molecule has 0 saturated carbocycles. The normalized spacial score (nSPS) is 18.5. The van der Waals surface area contributed by atoms with Crippen molar-refractivity contribution in [2.45, 2.75) is 109 Å². The van der Waals surface area contributed by atoms with Gasteiger partial charge in [-0.1, -0.05) is 57.2 Å². The molecule has 1 saturated heterocycles. The summed E-state index contributed by atoms with van der Waals surface area (Å²) in [6, 6.07) is 10.8. The number of urea groups is 1. The highest BCUT2D eigenvalue weighted by Gasteiger charge is 2.46. The van der Waals surface area contributed by atoms with Crippen molar-refractivity contribution < 1.29 is 59.4 Å². The number of aliphatic carboxylic acids is 1. The lowest BCUT2D eigenvalue weighted by atomic mass is 9.77. The molecule has 17 heteroatoms. The van der Waals surface area contributed by atoms with Gasteiger partial charge in [-0.2, -0.15) is 26.3 Å². The second-order valence-electron chi connectivity index (χ2n) is 16.5. The average molecular weight is 854 g/mol. The fourth-order valence-electron chi connectivity index (χ4n) is 6.62. The number of alkyl carbamates (subject to hydrolysis) is 1. The predicted molar refractivity (Wildman–Crippen MR) is 209 cm³/mol. The third-order valence-corrected chi connectivity index (χ3v) is 15.6. The monoisotopic (exact) mass is 853 g/mol. The standard InChI is InChI=1S/C42H50F7N3O6Si/c1-26-20-32(43)14-15-33(26)34-24-40(50-37(55)57-25-28-12-10-9-11-13-28,17-16-35(36(53)54)58-59(7,8)39(3,4)5)18-19-52(34)38(56)51(6)27(2)29-21-30(41(44,45)46)23-31(22-29)42(47,48)49/h9-16,20-23,27,34H,17-19,24-25H2,1-8H3,(H,50,55)(H,53,54)/b35-16-/t27-,34+,40+/m0/s1. The lowest BCUT2D eigenvalue weighted by Gasteiger charge is -2.48. The van der Waals surface area contributed by atoms with E-state index in [0.717, 1.165) is 4.90 Å². The molecule has 59 heavy (non-hydrogen) atoms. The highest BCUT2D eigenvalue weighted by atomic mass is 28.4. The van der Waals surface area contributed by atoms with Crippen LogP contribution < -0.4 is 5.32 Å². The highest BCUT2D eigenvalue weighted by molar-refractivity contribution is 6.74. The van der Waals surface area contributed by atoms with Gasteiger partial charge in [-0.25, -0.2) is 18.8 Å². The number of amides is 3. The molecule has 0 aromatic heterocycles. The number of carboxylic acid groups (broad SMARTS) is 1. The van der Waals surface area contributed by atoms with Gasteiger partial charge in [-0.05, 0) is 110 Å². The molecule has 3 aromatic carbocycles. The van der Waals surface area contributed by atoms with E-state index in [4.69, 9.17) is 9.16 Å². The molecule has 1 aliphatic heterocycles. The van der Waals surface area contributed by atoms with Crippen molar-refractivity contribution in [3.8, 4) is 0 Å². The number of nitrogens with one attached hydrogen (secondary N) is 1. The number of carbonyl (C=O) groups is 3. The third kappa shape index (κ3) is 11.6. The molecule has 3 atom stereocenters. The molecule has 0 aliphatic carbocycles. The second kappa shape index (κ2) is 17.7. The highest BCUT2D eigenvalue weighted by Crippen LogP contribution is 2.44. The van der Waals surface area contributed by atoms with Gasteiger partial charge < -0.3 is 29.4 Å². The van der Waals surface area contributed by atoms with Gasteiger partial charge >= 0.3 is 30.4 Å². The molecule has 0 spiro atoms. The van der Waals surface area contributed by atoms with Crippen LogP contribution in [0.25, 0.3) is 0 Å². The van der Waals surface area contributed by atoms with Crippen molar-refractivity contribution in [1.29, 1.82) is 0 Å². The summed E-state index contributed by atoms with van der Waals surface area (Å²) in [5.74, 6) is -2.26. The zero-order chi connectivity index (χ0) is 44.3. The van der Waals surface area contributed by atoms with Crippen LogP contribution in [-0.4, -0.2) is 60.4 Å². The van der Waals surface area contributed by atoms with Gasteiger partial charge in [0.25, 0.3) is 8.32 Å². The molecule has 1 heterocycles. The van der Waals surface area contributed by atoms with E-state index in [9.17, 15) is 50.2 Å². The van der Waals surface area contributed by atoms with E-state index >= 15 is 0 Å². The summed E-state index contributed by atoms with van der Waals surface area (Å²) in [6.07, 6.45) is -9.94. The summed E-state index contributed by atoms with van der Waals surface area (Å²) in [4.78, 5) is 43.0. The Morgan fingerprint density at radius 1 is 0.983 bits per heavy atom. The van der Waals surface area contributed by atoms with Crippen LogP contribution in [0.5, 0.6) is 0 Å². The minimum Gasteiger partial charge on any atom is -0.539 e. The van der Waals surface area contributed by atoms with Crippen LogP contribution in [0, 0.1) is 12.7 Å². The van der Waals surface area contributed by atoms with Crippen LogP contribution in [-0.2, 0) is 32.9 Å². The zero-order valence-corrected chi connectivity index (χ0v) is 35.1. The van der Waals surface area contributed by atoms with Crippen molar-refractivity contribution in [3.63, 3.8) is 0 Å². The molecule has 9 nitrogen and oxygen atoms in total. The smallest absolute Gasteiger partial charge is 0.416 e. The molecule has 4 rings (SSSR count). The molecular weight excluding hydrogens is 804 g/mol. The van der Waals surface area contributed by atoms with E-state index in [1.54, 1.807) is 37.3 Å². The zero-order valence-electron chi connectivity index (χ0n) is 34.1. The number of halogens is 7. The lowest BCUT2D eigenvalue weighted by Crippen LogP contribution is -2.58. The fraction of sp³-hybridized carbons (Fsp3) is 0.452. The maximum atomic E-state index is 14.5. The maximum Gasteiger partial charge on any atom is 0.416 e. The largest absolute Gasteiger partial charge is 0.539 e. The van der Waals surface area contributed by atoms with Crippen molar-refractivity contribution in [2.75, 3.05) is 13.6 Å². The van der Waals surface area contributed by atoms with E-state index in [1.165, 1.54) is 43.1 Å². The van der Waals surface area contributed by atoms with Gasteiger partial charge in [0.1, 0.15) is 12.4 Å². The number of carboxylic acids is 1. The van der Waals surface area contributed by atoms with E-state index in [1.807, 2.05) is 33.9 Å². The quantitative estimate of drug-likeness (QED) is 0.0861. The number of alkyl halides is 6. The van der Waals surface area contributed by atoms with Gasteiger partial charge in [-0.15, -0.1) is 0 Å². The Labute approximate surface area is 340 Å². The van der Waals surface area contributed by atoms with Gasteiger partial charge in [0.2, 0.25) is 0 Å². The molecule has 2 N–H and O–H groups in total. The Hall–Kier alpha value is -5.06. The number of hydrogen-bond donors (Lipinski definition) is 2. The molecular formula is C42H50F7N3O6Si. The second-order valence-corrected chi connectivity index (χ2v) is 21.2. The average Bonchev–Trinajstić information content (AvgIpc) is 3.13. The van der Waals surface area contributed by atoms with Gasteiger partial charge in [0, 0.05) is 13.6 Å². The van der Waals surface area contributed by atoms with Crippen LogP contribution in [0.1, 0.15) is 92.4 Å². The van der Waals surface area contributed by atoms with Crippen molar-refractivity contribution in [3.05, 3.63) is 118 Å². The number of aryl methyl sites for hydroxylation is 1. The van der Waals surface area contributed by atoms with Crippen molar-refractivity contribution in [2.24, 2.45) is 0 Å². The maximum absolute atomic E-state index is 14.5. The number of hydrogen-bond acceptors (Lipinski definition) is 5. The number of benzene rings is 3. The molecule has 3 amide bonds. The molecule has 1 aliphatic rings. The number of ether oxygens (including phenoxy) is 1. The molecule has 1 fully saturated rings. The van der Waals surface area contributed by atoms with Crippen LogP contribution in [0.4, 0.5) is 40.3 Å². The van der Waals surface area contributed by atoms with Crippen LogP contribution in [0.3, 0.4) is 0 Å². The summed E-state index contributed by atoms with van der Waals surface area (Å²) in [5.41, 5.74) is -3.28. The van der Waals surface area contributed by atoms with Gasteiger partial charge in [0.15, 0.2) is 5.76 Å². The van der Waals surface area contributed by atoms with E-state index in [2.05, 4.69) is 5.32 Å². The number of piperidine rings is 1. The molecule has 0 bridgehead atoms. The lowest BCUT2D eigenvalue weighted by molar-refractivity contribution is -0.143. The fourth-order valence-corrected chi connectivity index (χ4v) is 7.65. The van der Waals surface area contributed by atoms with E-state index in [-0.39, 0.29) is 49.3 Å². The first-order valence-electron chi connectivity index (χ1n) is 18.8. The van der Waals surface area contributed by atoms with Gasteiger partial charge in [0.05, 0.1) is 28.7 Å². The topological polar surface area (TPSA) is 108 Å². The van der Waals surface area contributed by atoms with Crippen LogP contribution in [0.2, 0.25) is 18.1 Å². The SMILES string of the molecule is Cc1cc(F)ccc1[C@H]1C[C@](C/C=C(\O[Si](C)(C)C(C)(C)C)C(=O)O)(NC(=O)OCc2ccccc2)CCN1C(=O)N(C)[C@@H](C)c1cc(C(F)(F)F)cc(C(F)(F)F)c1. The third-order valence-electron chi connectivity index (χ3n) is 11.2. The first-order valence-corrected chi connectivity index (χ1v) is 21.8. The first-order chi connectivity index (χ1) is 27.1. The number of nitrogens with zero attached hydrogens (tertiary/aromatic N) is 2. The Balaban J connectivity index is 1.78. The summed E-state index contributed by atoms with van der Waals surface area (Å²) in [7, 11) is -1.44. The summed E-state index contributed by atoms with van der Waals surface area (Å²) in [6.45, 7) is 12.2. The molecule has 3 aromatic rings. The Kier molecular flexibility index (Phi) is 14.0. The minimum absolute atomic E-state index is 0.00895. The van der Waals surface area contributed by atoms with Crippen molar-refractivity contribution >= 4 is 26.4 Å². The number of rotatable bonds is 11. The Morgan fingerprint density at radius 3 is 2.10 bits per heavy atom. The number of carbonyl (C=O) groups excluding carboxylic acids is 2. The summed E-state index contributed by atoms with van der Waals surface area (Å²) >= 11 is 0. The van der Waals surface area contributed by atoms with Crippen molar-refractivity contribution in [1.82, 2.24) is 15.1 Å².